The van der Waals surface area contributed by atoms with Crippen LogP contribution in [0, 0.1) is 11.8 Å². The summed E-state index contributed by atoms with van der Waals surface area (Å²) in [6.07, 6.45) is 2.60. The van der Waals surface area contributed by atoms with E-state index in [1.54, 1.807) is 24.1 Å². The number of aliphatic hydroxyl groups excluding tert-OH is 2. The van der Waals surface area contributed by atoms with Gasteiger partial charge in [0.1, 0.15) is 6.61 Å². The van der Waals surface area contributed by atoms with Crippen molar-refractivity contribution in [2.75, 3.05) is 26.8 Å². The molecule has 1 aromatic heterocycles. The molecule has 1 aromatic rings. The molecule has 0 spiro atoms. The lowest BCUT2D eigenvalue weighted by Crippen LogP contribution is -2.27. The Balaban J connectivity index is 2.49. The van der Waals surface area contributed by atoms with Crippen molar-refractivity contribution in [3.8, 4) is 11.8 Å². The number of carbonyl (C=O) groups excluding carboxylic acids is 1. The van der Waals surface area contributed by atoms with Crippen LogP contribution in [0.2, 0.25) is 0 Å². The number of aliphatic hydroxyl groups is 2. The molecule has 0 saturated carbocycles. The Labute approximate surface area is 117 Å². The minimum absolute atomic E-state index is 0.00829. The van der Waals surface area contributed by atoms with Gasteiger partial charge in [-0.3, -0.25) is 4.79 Å². The van der Waals surface area contributed by atoms with E-state index in [1.165, 1.54) is 11.3 Å². The average molecular weight is 281 g/mol. The predicted octanol–water partition coefficient (Wildman–Crippen LogP) is 1.33. The Kier molecular flexibility index (Phi) is 7.19. The number of rotatable bonds is 6. The number of hydrogen-bond acceptors (Lipinski definition) is 4. The molecule has 0 saturated heterocycles. The van der Waals surface area contributed by atoms with Gasteiger partial charge < -0.3 is 15.1 Å². The summed E-state index contributed by atoms with van der Waals surface area (Å²) in [5.41, 5.74) is 0. The Morgan fingerprint density at radius 1 is 1.32 bits per heavy atom. The maximum atomic E-state index is 12.1. The van der Waals surface area contributed by atoms with E-state index in [1.807, 2.05) is 0 Å². The standard InChI is InChI=1S/C14H19NO3S/c1-15(9-3-2-4-10-16)14(18)13-8-7-12(19-13)6-5-11-17/h7-8,16-17H,2-4,9-11H2,1H3. The number of carbonyl (C=O) groups is 1. The molecule has 0 aromatic carbocycles. The number of nitrogens with zero attached hydrogens (tertiary/aromatic N) is 1. The van der Waals surface area contributed by atoms with Gasteiger partial charge in [0.25, 0.3) is 5.91 Å². The molecule has 2 N–H and O–H groups in total. The fraction of sp³-hybridized carbons (Fsp3) is 0.500. The van der Waals surface area contributed by atoms with Crippen molar-refractivity contribution >= 4 is 17.2 Å². The zero-order valence-corrected chi connectivity index (χ0v) is 11.9. The molecule has 1 rings (SSSR count). The molecular weight excluding hydrogens is 262 g/mol. The molecule has 5 heteroatoms. The fourth-order valence-electron chi connectivity index (χ4n) is 1.57. The molecule has 19 heavy (non-hydrogen) atoms. The average Bonchev–Trinajstić information content (AvgIpc) is 2.89. The van der Waals surface area contributed by atoms with Gasteiger partial charge in [-0.1, -0.05) is 11.8 Å². The van der Waals surface area contributed by atoms with E-state index in [-0.39, 0.29) is 19.1 Å². The van der Waals surface area contributed by atoms with Gasteiger partial charge in [0.15, 0.2) is 0 Å². The van der Waals surface area contributed by atoms with Crippen LogP contribution in [-0.4, -0.2) is 47.8 Å². The number of unbranched alkanes of at least 4 members (excludes halogenated alkanes) is 2. The molecule has 4 nitrogen and oxygen atoms in total. The normalized spacial score (nSPS) is 9.84. The summed E-state index contributed by atoms with van der Waals surface area (Å²) in [7, 11) is 1.78. The van der Waals surface area contributed by atoms with E-state index in [4.69, 9.17) is 10.2 Å². The highest BCUT2D eigenvalue weighted by Gasteiger charge is 2.13. The van der Waals surface area contributed by atoms with E-state index in [0.29, 0.717) is 11.4 Å². The van der Waals surface area contributed by atoms with Crippen molar-refractivity contribution in [1.82, 2.24) is 4.90 Å². The lowest BCUT2D eigenvalue weighted by atomic mass is 10.2. The maximum absolute atomic E-state index is 12.1. The highest BCUT2D eigenvalue weighted by molar-refractivity contribution is 7.14. The van der Waals surface area contributed by atoms with Crippen LogP contribution in [0.15, 0.2) is 12.1 Å². The zero-order valence-electron chi connectivity index (χ0n) is 11.1. The van der Waals surface area contributed by atoms with Crippen LogP contribution < -0.4 is 0 Å². The molecule has 0 aliphatic rings. The lowest BCUT2D eigenvalue weighted by molar-refractivity contribution is 0.0797. The van der Waals surface area contributed by atoms with Crippen molar-refractivity contribution in [2.24, 2.45) is 0 Å². The van der Waals surface area contributed by atoms with Crippen molar-refractivity contribution in [1.29, 1.82) is 0 Å². The van der Waals surface area contributed by atoms with E-state index >= 15 is 0 Å². The summed E-state index contributed by atoms with van der Waals surface area (Å²) in [5, 5.41) is 17.3. The second-order valence-corrected chi connectivity index (χ2v) is 5.22. The minimum atomic E-state index is -0.175. The first-order chi connectivity index (χ1) is 9.19. The highest BCUT2D eigenvalue weighted by Crippen LogP contribution is 2.17. The van der Waals surface area contributed by atoms with E-state index in [9.17, 15) is 4.79 Å². The van der Waals surface area contributed by atoms with Crippen LogP contribution in [0.25, 0.3) is 0 Å². The summed E-state index contributed by atoms with van der Waals surface area (Å²) in [5.74, 6) is 5.34. The van der Waals surface area contributed by atoms with Crippen LogP contribution in [0.1, 0.15) is 33.8 Å². The third-order valence-corrected chi connectivity index (χ3v) is 3.59. The fourth-order valence-corrected chi connectivity index (χ4v) is 2.45. The smallest absolute Gasteiger partial charge is 0.263 e. The van der Waals surface area contributed by atoms with Crippen LogP contribution in [0.3, 0.4) is 0 Å². The highest BCUT2D eigenvalue weighted by atomic mass is 32.1. The van der Waals surface area contributed by atoms with Gasteiger partial charge in [-0.2, -0.15) is 0 Å². The summed E-state index contributed by atoms with van der Waals surface area (Å²) < 4.78 is 0. The predicted molar refractivity (Wildman–Crippen MR) is 76.2 cm³/mol. The Morgan fingerprint density at radius 3 is 2.79 bits per heavy atom. The molecule has 0 aliphatic heterocycles. The number of hydrogen-bond donors (Lipinski definition) is 2. The van der Waals surface area contributed by atoms with Crippen molar-refractivity contribution < 1.29 is 15.0 Å². The second-order valence-electron chi connectivity index (χ2n) is 4.13. The third-order valence-electron chi connectivity index (χ3n) is 2.61. The molecule has 0 unspecified atom stereocenters. The largest absolute Gasteiger partial charge is 0.396 e. The molecule has 104 valence electrons. The molecule has 1 heterocycles. The summed E-state index contributed by atoms with van der Waals surface area (Å²) >= 11 is 1.34. The summed E-state index contributed by atoms with van der Waals surface area (Å²) in [6, 6.07) is 3.55. The Bertz CT molecular complexity index is 459. The second kappa shape index (κ2) is 8.70. The van der Waals surface area contributed by atoms with Gasteiger partial charge in [0.2, 0.25) is 0 Å². The van der Waals surface area contributed by atoms with Gasteiger partial charge >= 0.3 is 0 Å². The molecule has 0 bridgehead atoms. The summed E-state index contributed by atoms with van der Waals surface area (Å²) in [4.78, 5) is 15.2. The van der Waals surface area contributed by atoms with Crippen LogP contribution in [-0.2, 0) is 0 Å². The SMILES string of the molecule is CN(CCCCCO)C(=O)c1ccc(C#CCO)s1. The Hall–Kier alpha value is -1.35. The van der Waals surface area contributed by atoms with Crippen molar-refractivity contribution in [2.45, 2.75) is 19.3 Å². The van der Waals surface area contributed by atoms with Gasteiger partial charge in [-0.05, 0) is 31.4 Å². The molecule has 0 aliphatic carbocycles. The first-order valence-corrected chi connectivity index (χ1v) is 7.06. The van der Waals surface area contributed by atoms with Crippen molar-refractivity contribution in [3.05, 3.63) is 21.9 Å². The topological polar surface area (TPSA) is 60.8 Å². The quantitative estimate of drug-likeness (QED) is 0.611. The van der Waals surface area contributed by atoms with E-state index in [2.05, 4.69) is 11.8 Å². The zero-order chi connectivity index (χ0) is 14.1. The minimum Gasteiger partial charge on any atom is -0.396 e. The van der Waals surface area contributed by atoms with Crippen molar-refractivity contribution in [3.63, 3.8) is 0 Å². The third kappa shape index (κ3) is 5.43. The molecule has 0 radical (unpaired) electrons. The Morgan fingerprint density at radius 2 is 2.11 bits per heavy atom. The molecule has 1 amide bonds. The first kappa shape index (κ1) is 15.7. The van der Waals surface area contributed by atoms with Gasteiger partial charge in [-0.25, -0.2) is 0 Å². The number of thiophene rings is 1. The molecule has 0 atom stereocenters. The van der Waals surface area contributed by atoms with Gasteiger partial charge in [-0.15, -0.1) is 11.3 Å². The molecule has 0 fully saturated rings. The van der Waals surface area contributed by atoms with Crippen LogP contribution >= 0.6 is 11.3 Å². The maximum Gasteiger partial charge on any atom is 0.263 e. The molecular formula is C14H19NO3S. The van der Waals surface area contributed by atoms with Gasteiger partial charge in [0, 0.05) is 20.2 Å². The lowest BCUT2D eigenvalue weighted by Gasteiger charge is -2.15. The van der Waals surface area contributed by atoms with E-state index < -0.39 is 0 Å². The first-order valence-electron chi connectivity index (χ1n) is 6.25. The van der Waals surface area contributed by atoms with Crippen LogP contribution in [0.5, 0.6) is 0 Å². The van der Waals surface area contributed by atoms with Crippen LogP contribution in [0.4, 0.5) is 0 Å². The monoisotopic (exact) mass is 281 g/mol. The number of amides is 1. The summed E-state index contributed by atoms with van der Waals surface area (Å²) in [6.45, 7) is 0.718. The van der Waals surface area contributed by atoms with Gasteiger partial charge in [0.05, 0.1) is 9.75 Å². The van der Waals surface area contributed by atoms with E-state index in [0.717, 1.165) is 24.1 Å².